The Kier molecular flexibility index (Phi) is 6.88. The number of carbonyl (C=O) groups excluding carboxylic acids is 1. The summed E-state index contributed by atoms with van der Waals surface area (Å²) in [6, 6.07) is 13.5. The van der Waals surface area contributed by atoms with Crippen LogP contribution in [0.4, 0.5) is 11.4 Å². The van der Waals surface area contributed by atoms with E-state index in [1.54, 1.807) is 55.6 Å². The molecule has 0 bridgehead atoms. The number of methoxy groups -OCH3 is 1. The lowest BCUT2D eigenvalue weighted by molar-refractivity contribution is -0.116. The Bertz CT molecular complexity index is 836. The SMILES string of the molecule is COc1ccc(NC(=O)CCCN(c2ccc(Cl)cc2)S(C)(=O)=O)cc1. The number of benzene rings is 2. The smallest absolute Gasteiger partial charge is 0.232 e. The van der Waals surface area contributed by atoms with Crippen LogP contribution < -0.4 is 14.4 Å². The van der Waals surface area contributed by atoms with Gasteiger partial charge in [-0.15, -0.1) is 0 Å². The van der Waals surface area contributed by atoms with Gasteiger partial charge in [0.15, 0.2) is 0 Å². The van der Waals surface area contributed by atoms with E-state index in [2.05, 4.69) is 5.32 Å². The number of rotatable bonds is 8. The first kappa shape index (κ1) is 20.1. The Morgan fingerprint density at radius 1 is 1.12 bits per heavy atom. The van der Waals surface area contributed by atoms with Crippen LogP contribution in [0, 0.1) is 0 Å². The molecule has 2 aromatic carbocycles. The molecule has 6 nitrogen and oxygen atoms in total. The molecule has 0 saturated carbocycles. The quantitative estimate of drug-likeness (QED) is 0.740. The first-order valence-electron chi connectivity index (χ1n) is 7.97. The third kappa shape index (κ3) is 5.93. The van der Waals surface area contributed by atoms with E-state index in [4.69, 9.17) is 16.3 Å². The van der Waals surface area contributed by atoms with Gasteiger partial charge in [-0.1, -0.05) is 11.6 Å². The van der Waals surface area contributed by atoms with Crippen LogP contribution >= 0.6 is 11.6 Å². The molecule has 140 valence electrons. The average molecular weight is 397 g/mol. The molecule has 1 amide bonds. The fourth-order valence-electron chi connectivity index (χ4n) is 2.37. The van der Waals surface area contributed by atoms with Crippen molar-refractivity contribution >= 4 is 38.9 Å². The van der Waals surface area contributed by atoms with E-state index in [-0.39, 0.29) is 18.9 Å². The first-order valence-corrected chi connectivity index (χ1v) is 10.2. The third-order valence-corrected chi connectivity index (χ3v) is 5.10. The lowest BCUT2D eigenvalue weighted by atomic mass is 10.2. The van der Waals surface area contributed by atoms with E-state index in [0.29, 0.717) is 28.6 Å². The van der Waals surface area contributed by atoms with Crippen LogP contribution in [0.2, 0.25) is 5.02 Å². The zero-order valence-corrected chi connectivity index (χ0v) is 16.2. The van der Waals surface area contributed by atoms with Crippen molar-refractivity contribution < 1.29 is 17.9 Å². The van der Waals surface area contributed by atoms with E-state index < -0.39 is 10.0 Å². The van der Waals surface area contributed by atoms with Crippen LogP contribution in [0.3, 0.4) is 0 Å². The number of hydrogen-bond acceptors (Lipinski definition) is 4. The second-order valence-corrected chi connectivity index (χ2v) is 8.04. The van der Waals surface area contributed by atoms with Crippen LogP contribution in [0.5, 0.6) is 5.75 Å². The van der Waals surface area contributed by atoms with Crippen LogP contribution in [-0.4, -0.2) is 34.2 Å². The second-order valence-electron chi connectivity index (χ2n) is 5.69. The number of anilines is 2. The van der Waals surface area contributed by atoms with Crippen LogP contribution in [0.15, 0.2) is 48.5 Å². The van der Waals surface area contributed by atoms with Crippen LogP contribution in [-0.2, 0) is 14.8 Å². The number of halogens is 1. The molecule has 0 heterocycles. The Morgan fingerprint density at radius 2 is 1.73 bits per heavy atom. The largest absolute Gasteiger partial charge is 0.497 e. The Morgan fingerprint density at radius 3 is 2.27 bits per heavy atom. The standard InChI is InChI=1S/C18H21ClN2O4S/c1-25-17-11-7-15(8-12-17)20-18(22)4-3-13-21(26(2,23)24)16-9-5-14(19)6-10-16/h5-12H,3-4,13H2,1-2H3,(H,20,22). The summed E-state index contributed by atoms with van der Waals surface area (Å²) in [5.74, 6) is 0.523. The van der Waals surface area contributed by atoms with E-state index in [0.717, 1.165) is 6.26 Å². The van der Waals surface area contributed by atoms with Gasteiger partial charge >= 0.3 is 0 Å². The minimum absolute atomic E-state index is 0.181. The molecule has 0 unspecified atom stereocenters. The summed E-state index contributed by atoms with van der Waals surface area (Å²) in [5.41, 5.74) is 1.18. The maximum Gasteiger partial charge on any atom is 0.232 e. The molecule has 0 aromatic heterocycles. The number of nitrogens with zero attached hydrogens (tertiary/aromatic N) is 1. The molecule has 0 radical (unpaired) electrons. The summed E-state index contributed by atoms with van der Waals surface area (Å²) in [7, 11) is -1.88. The van der Waals surface area contributed by atoms with Crippen molar-refractivity contribution in [1.29, 1.82) is 0 Å². The van der Waals surface area contributed by atoms with Crippen molar-refractivity contribution in [3.63, 3.8) is 0 Å². The van der Waals surface area contributed by atoms with E-state index in [9.17, 15) is 13.2 Å². The molecular weight excluding hydrogens is 376 g/mol. The first-order chi connectivity index (χ1) is 12.3. The molecule has 0 atom stereocenters. The predicted octanol–water partition coefficient (Wildman–Crippen LogP) is 3.53. The van der Waals surface area contributed by atoms with Crippen molar-refractivity contribution in [3.05, 3.63) is 53.6 Å². The lowest BCUT2D eigenvalue weighted by Crippen LogP contribution is -2.31. The van der Waals surface area contributed by atoms with Crippen molar-refractivity contribution in [2.45, 2.75) is 12.8 Å². The van der Waals surface area contributed by atoms with E-state index in [1.807, 2.05) is 0 Å². The molecule has 0 fully saturated rings. The maximum atomic E-state index is 12.1. The summed E-state index contributed by atoms with van der Waals surface area (Å²) in [6.45, 7) is 0.205. The molecule has 2 aromatic rings. The molecule has 0 aliphatic carbocycles. The Hall–Kier alpha value is -2.25. The number of ether oxygens (including phenoxy) is 1. The Balaban J connectivity index is 1.92. The van der Waals surface area contributed by atoms with Gasteiger partial charge in [0.2, 0.25) is 15.9 Å². The molecule has 0 saturated heterocycles. The molecule has 0 aliphatic rings. The van der Waals surface area contributed by atoms with Crippen molar-refractivity contribution in [2.75, 3.05) is 29.5 Å². The number of sulfonamides is 1. The molecule has 0 aliphatic heterocycles. The minimum Gasteiger partial charge on any atom is -0.497 e. The molecule has 8 heteroatoms. The van der Waals surface area contributed by atoms with Gasteiger partial charge in [0.1, 0.15) is 5.75 Å². The van der Waals surface area contributed by atoms with Gasteiger partial charge in [0, 0.05) is 23.7 Å². The lowest BCUT2D eigenvalue weighted by Gasteiger charge is -2.22. The molecular formula is C18H21ClN2O4S. The zero-order chi connectivity index (χ0) is 19.2. The molecule has 1 N–H and O–H groups in total. The molecule has 26 heavy (non-hydrogen) atoms. The monoisotopic (exact) mass is 396 g/mol. The van der Waals surface area contributed by atoms with Crippen molar-refractivity contribution in [2.24, 2.45) is 0 Å². The number of nitrogens with one attached hydrogen (secondary N) is 1. The topological polar surface area (TPSA) is 75.7 Å². The van der Waals surface area contributed by atoms with Crippen LogP contribution in [0.1, 0.15) is 12.8 Å². The summed E-state index contributed by atoms with van der Waals surface area (Å²) in [6.07, 6.45) is 1.72. The maximum absolute atomic E-state index is 12.1. The minimum atomic E-state index is -3.45. The van der Waals surface area contributed by atoms with Crippen molar-refractivity contribution in [1.82, 2.24) is 0 Å². The van der Waals surface area contributed by atoms with Gasteiger partial charge in [-0.3, -0.25) is 9.10 Å². The van der Waals surface area contributed by atoms with Crippen molar-refractivity contribution in [3.8, 4) is 5.75 Å². The van der Waals surface area contributed by atoms with Gasteiger partial charge in [0.05, 0.1) is 19.1 Å². The van der Waals surface area contributed by atoms with E-state index >= 15 is 0 Å². The summed E-state index contributed by atoms with van der Waals surface area (Å²) in [5, 5.41) is 3.30. The molecule has 2 rings (SSSR count). The zero-order valence-electron chi connectivity index (χ0n) is 14.6. The van der Waals surface area contributed by atoms with E-state index in [1.165, 1.54) is 4.31 Å². The highest BCUT2D eigenvalue weighted by molar-refractivity contribution is 7.92. The van der Waals surface area contributed by atoms with Gasteiger partial charge in [-0.25, -0.2) is 8.42 Å². The summed E-state index contributed by atoms with van der Waals surface area (Å²) < 4.78 is 30.4. The fraction of sp³-hybridized carbons (Fsp3) is 0.278. The van der Waals surface area contributed by atoms with Gasteiger partial charge in [-0.2, -0.15) is 0 Å². The number of amides is 1. The van der Waals surface area contributed by atoms with Gasteiger partial charge in [-0.05, 0) is 55.0 Å². The second kappa shape index (κ2) is 8.91. The van der Waals surface area contributed by atoms with Gasteiger partial charge < -0.3 is 10.1 Å². The normalized spacial score (nSPS) is 11.0. The highest BCUT2D eigenvalue weighted by atomic mass is 35.5. The Labute approximate surface area is 158 Å². The van der Waals surface area contributed by atoms with Crippen LogP contribution in [0.25, 0.3) is 0 Å². The summed E-state index contributed by atoms with van der Waals surface area (Å²) in [4.78, 5) is 12.1. The highest BCUT2D eigenvalue weighted by Crippen LogP contribution is 2.21. The number of hydrogen-bond donors (Lipinski definition) is 1. The average Bonchev–Trinajstić information content (AvgIpc) is 2.59. The predicted molar refractivity (Wildman–Crippen MR) is 104 cm³/mol. The number of carbonyl (C=O) groups is 1. The molecule has 0 spiro atoms. The van der Waals surface area contributed by atoms with Gasteiger partial charge in [0.25, 0.3) is 0 Å². The summed E-state index contributed by atoms with van der Waals surface area (Å²) >= 11 is 5.84. The third-order valence-electron chi connectivity index (χ3n) is 3.65. The highest BCUT2D eigenvalue weighted by Gasteiger charge is 2.17. The fourth-order valence-corrected chi connectivity index (χ4v) is 3.47.